The highest BCUT2D eigenvalue weighted by Crippen LogP contribution is 2.38. The van der Waals surface area contributed by atoms with Crippen LogP contribution >= 0.6 is 0 Å². The van der Waals surface area contributed by atoms with Gasteiger partial charge in [0.2, 0.25) is 11.7 Å². The lowest BCUT2D eigenvalue weighted by Gasteiger charge is -2.26. The molecule has 3 amide bonds. The Labute approximate surface area is 140 Å². The minimum atomic E-state index is -1.26. The maximum Gasteiger partial charge on any atom is 0.269 e. The van der Waals surface area contributed by atoms with E-state index in [2.05, 4.69) is 10.3 Å². The molecular formula is C15H24N4O5. The van der Waals surface area contributed by atoms with Gasteiger partial charge in [0.1, 0.15) is 12.3 Å². The Hall–Kier alpha value is -2.10. The van der Waals surface area contributed by atoms with Crippen molar-refractivity contribution in [1.29, 1.82) is 0 Å². The summed E-state index contributed by atoms with van der Waals surface area (Å²) in [4.78, 5) is 38.5. The summed E-state index contributed by atoms with van der Waals surface area (Å²) in [6, 6.07) is -0.823. The van der Waals surface area contributed by atoms with Gasteiger partial charge in [-0.2, -0.15) is 0 Å². The van der Waals surface area contributed by atoms with Crippen LogP contribution in [-0.4, -0.2) is 47.5 Å². The fourth-order valence-electron chi connectivity index (χ4n) is 1.74. The number of carbonyl (C=O) groups is 3. The zero-order valence-corrected chi connectivity index (χ0v) is 14.5. The van der Waals surface area contributed by atoms with E-state index in [9.17, 15) is 14.4 Å². The molecule has 5 N–H and O–H groups in total. The normalized spacial score (nSPS) is 22.8. The molecule has 0 aromatic rings. The van der Waals surface area contributed by atoms with E-state index in [0.717, 1.165) is 6.08 Å². The molecule has 1 aliphatic heterocycles. The molecule has 1 fully saturated rings. The summed E-state index contributed by atoms with van der Waals surface area (Å²) in [5.74, 6) is -3.36. The van der Waals surface area contributed by atoms with Crippen LogP contribution in [0.25, 0.3) is 0 Å². The van der Waals surface area contributed by atoms with Gasteiger partial charge in [0.15, 0.2) is 0 Å². The molecular weight excluding hydrogens is 316 g/mol. The number of primary amides is 1. The molecule has 9 heteroatoms. The van der Waals surface area contributed by atoms with Crippen molar-refractivity contribution in [2.75, 3.05) is 6.61 Å². The maximum atomic E-state index is 12.2. The highest BCUT2D eigenvalue weighted by atomic mass is 16.8. The van der Waals surface area contributed by atoms with Crippen LogP contribution in [0.2, 0.25) is 0 Å². The number of nitrogens with zero attached hydrogens (tertiary/aromatic N) is 1. The zero-order valence-electron chi connectivity index (χ0n) is 14.5. The van der Waals surface area contributed by atoms with Gasteiger partial charge in [0.05, 0.1) is 17.3 Å². The molecule has 0 radical (unpaired) electrons. The van der Waals surface area contributed by atoms with Crippen molar-refractivity contribution in [2.24, 2.45) is 16.5 Å². The van der Waals surface area contributed by atoms with Gasteiger partial charge in [-0.15, -0.1) is 0 Å². The molecule has 134 valence electrons. The fourth-order valence-corrected chi connectivity index (χ4v) is 1.74. The number of hydrogen-bond acceptors (Lipinski definition) is 6. The average Bonchev–Trinajstić information content (AvgIpc) is 3.15. The summed E-state index contributed by atoms with van der Waals surface area (Å²) >= 11 is 0. The highest BCUT2D eigenvalue weighted by molar-refractivity contribution is 6.40. The molecule has 1 rings (SSSR count). The first-order chi connectivity index (χ1) is 10.9. The van der Waals surface area contributed by atoms with Gasteiger partial charge in [-0.25, -0.2) is 4.99 Å². The Morgan fingerprint density at radius 1 is 1.38 bits per heavy atom. The summed E-state index contributed by atoms with van der Waals surface area (Å²) in [6.07, 6.45) is 1.01. The van der Waals surface area contributed by atoms with E-state index in [1.54, 1.807) is 20.8 Å². The summed E-state index contributed by atoms with van der Waals surface area (Å²) in [5, 5.41) is 2.47. The van der Waals surface area contributed by atoms with Gasteiger partial charge >= 0.3 is 0 Å². The lowest BCUT2D eigenvalue weighted by molar-refractivity contribution is -0.123. The first-order valence-corrected chi connectivity index (χ1v) is 7.38. The molecule has 1 heterocycles. The third-order valence-corrected chi connectivity index (χ3v) is 2.82. The largest absolute Gasteiger partial charge is 0.366 e. The molecule has 0 aromatic heterocycles. The van der Waals surface area contributed by atoms with E-state index in [0.29, 0.717) is 0 Å². The molecule has 1 unspecified atom stereocenters. The van der Waals surface area contributed by atoms with Crippen molar-refractivity contribution in [2.45, 2.75) is 52.0 Å². The van der Waals surface area contributed by atoms with E-state index in [1.807, 2.05) is 0 Å². The molecule has 1 saturated heterocycles. The second kappa shape index (κ2) is 7.20. The number of ether oxygens (including phenoxy) is 2. The average molecular weight is 340 g/mol. The van der Waals surface area contributed by atoms with Crippen LogP contribution in [-0.2, 0) is 23.9 Å². The van der Waals surface area contributed by atoms with Crippen molar-refractivity contribution in [3.63, 3.8) is 0 Å². The van der Waals surface area contributed by atoms with Gasteiger partial charge in [0.25, 0.3) is 11.8 Å². The molecule has 0 saturated carbocycles. The number of amides is 3. The molecule has 0 aliphatic carbocycles. The monoisotopic (exact) mass is 340 g/mol. The van der Waals surface area contributed by atoms with Gasteiger partial charge in [-0.05, 0) is 34.6 Å². The van der Waals surface area contributed by atoms with Crippen LogP contribution in [0.15, 0.2) is 16.8 Å². The van der Waals surface area contributed by atoms with Crippen molar-refractivity contribution in [3.8, 4) is 0 Å². The Kier molecular flexibility index (Phi) is 5.99. The molecule has 1 aliphatic rings. The first kappa shape index (κ1) is 19.9. The first-order valence-electron chi connectivity index (χ1n) is 7.38. The van der Waals surface area contributed by atoms with E-state index >= 15 is 0 Å². The van der Waals surface area contributed by atoms with Gasteiger partial charge in [0, 0.05) is 6.08 Å². The fraction of sp³-hybridized carbons (Fsp3) is 0.600. The SMILES string of the molecule is CC(=NC(=O)[C@H](C)N)C(=O)N/C(=C\C(N)=O)C1(OC(C)(C)C)CO1. The smallest absolute Gasteiger partial charge is 0.269 e. The molecule has 24 heavy (non-hydrogen) atoms. The summed E-state index contributed by atoms with van der Waals surface area (Å²) in [5.41, 5.74) is 9.92. The van der Waals surface area contributed by atoms with Crippen molar-refractivity contribution < 1.29 is 23.9 Å². The van der Waals surface area contributed by atoms with Crippen molar-refractivity contribution in [3.05, 3.63) is 11.8 Å². The molecule has 0 bridgehead atoms. The zero-order chi connectivity index (χ0) is 18.7. The number of nitrogens with one attached hydrogen (secondary N) is 1. The lowest BCUT2D eigenvalue weighted by atomic mass is 10.1. The number of aliphatic imine (C=N–C) groups is 1. The van der Waals surface area contributed by atoms with E-state index < -0.39 is 35.2 Å². The second-order valence-electron chi connectivity index (χ2n) is 6.49. The third-order valence-electron chi connectivity index (χ3n) is 2.82. The Morgan fingerprint density at radius 2 is 1.92 bits per heavy atom. The number of rotatable bonds is 6. The standard InChI is InChI=1S/C15H24N4O5/c1-8(16)12(21)18-9(2)13(22)19-10(6-11(17)20)15(7-23-15)24-14(3,4)5/h6,8H,7,16H2,1-5H3,(H2,17,20)(H,19,22)/b10-6-,18-9?/t8-,15?/m0/s1. The lowest BCUT2D eigenvalue weighted by Crippen LogP contribution is -2.41. The molecule has 0 aromatic carbocycles. The van der Waals surface area contributed by atoms with E-state index in [4.69, 9.17) is 20.9 Å². The Morgan fingerprint density at radius 3 is 2.29 bits per heavy atom. The van der Waals surface area contributed by atoms with Crippen LogP contribution < -0.4 is 16.8 Å². The number of nitrogens with two attached hydrogens (primary N) is 2. The van der Waals surface area contributed by atoms with Crippen LogP contribution in [0.4, 0.5) is 0 Å². The van der Waals surface area contributed by atoms with Gasteiger partial charge in [-0.3, -0.25) is 14.4 Å². The van der Waals surface area contributed by atoms with E-state index in [1.165, 1.54) is 13.8 Å². The van der Waals surface area contributed by atoms with Crippen LogP contribution in [0.3, 0.4) is 0 Å². The molecule has 2 atom stereocenters. The van der Waals surface area contributed by atoms with Crippen LogP contribution in [0.5, 0.6) is 0 Å². The highest BCUT2D eigenvalue weighted by Gasteiger charge is 2.53. The number of epoxide rings is 1. The third kappa shape index (κ3) is 5.84. The number of carbonyl (C=O) groups excluding carboxylic acids is 3. The van der Waals surface area contributed by atoms with Crippen molar-refractivity contribution >= 4 is 23.4 Å². The Balaban J connectivity index is 2.99. The summed E-state index contributed by atoms with van der Waals surface area (Å²) < 4.78 is 11.1. The molecule has 0 spiro atoms. The van der Waals surface area contributed by atoms with Gasteiger partial charge in [-0.1, -0.05) is 0 Å². The molecule has 9 nitrogen and oxygen atoms in total. The quantitative estimate of drug-likeness (QED) is 0.332. The second-order valence-corrected chi connectivity index (χ2v) is 6.49. The van der Waals surface area contributed by atoms with Crippen LogP contribution in [0, 0.1) is 0 Å². The number of hydrogen-bond donors (Lipinski definition) is 3. The minimum Gasteiger partial charge on any atom is -0.366 e. The minimum absolute atomic E-state index is 0.0534. The van der Waals surface area contributed by atoms with Crippen LogP contribution in [0.1, 0.15) is 34.6 Å². The maximum absolute atomic E-state index is 12.2. The predicted octanol–water partition coefficient (Wildman–Crippen LogP) is -0.652. The van der Waals surface area contributed by atoms with E-state index in [-0.39, 0.29) is 18.0 Å². The topological polar surface area (TPSA) is 149 Å². The summed E-state index contributed by atoms with van der Waals surface area (Å²) in [7, 11) is 0. The van der Waals surface area contributed by atoms with Gasteiger partial charge < -0.3 is 26.3 Å². The Bertz CT molecular complexity index is 597. The van der Waals surface area contributed by atoms with Crippen molar-refractivity contribution in [1.82, 2.24) is 5.32 Å². The summed E-state index contributed by atoms with van der Waals surface area (Å²) in [6.45, 7) is 8.36. The predicted molar refractivity (Wildman–Crippen MR) is 86.7 cm³/mol.